The number of carbonyl (C=O) groups is 1. The highest BCUT2D eigenvalue weighted by Gasteiger charge is 2.38. The van der Waals surface area contributed by atoms with Crippen LogP contribution in [0.1, 0.15) is 22.3 Å². The van der Waals surface area contributed by atoms with Crippen molar-refractivity contribution in [3.05, 3.63) is 23.3 Å². The molecule has 1 aliphatic rings. The maximum absolute atomic E-state index is 11.3. The molecule has 1 N–H and O–H groups in total. The second-order valence-electron chi connectivity index (χ2n) is 4.09. The molecule has 0 atom stereocenters. The molecule has 0 unspecified atom stereocenters. The summed E-state index contributed by atoms with van der Waals surface area (Å²) in [5.74, 6) is -0.150. The van der Waals surface area contributed by atoms with E-state index in [1.165, 1.54) is 11.8 Å². The van der Waals surface area contributed by atoms with Gasteiger partial charge in [0, 0.05) is 12.0 Å². The van der Waals surface area contributed by atoms with Crippen LogP contribution in [0.4, 0.5) is 0 Å². The Bertz CT molecular complexity index is 498. The molecule has 6 heteroatoms. The molecule has 0 saturated carbocycles. The van der Waals surface area contributed by atoms with E-state index in [4.69, 9.17) is 4.74 Å². The van der Waals surface area contributed by atoms with Crippen LogP contribution in [0.3, 0.4) is 0 Å². The zero-order valence-corrected chi connectivity index (χ0v) is 13.5. The fourth-order valence-corrected chi connectivity index (χ4v) is 5.04. The van der Waals surface area contributed by atoms with E-state index in [-0.39, 0.29) is 4.08 Å². The molecule has 3 nitrogen and oxygen atoms in total. The number of rotatable bonds is 4. The fourth-order valence-electron chi connectivity index (χ4n) is 2.31. The number of carboxylic acids is 1. The molecule has 0 aromatic heterocycles. The summed E-state index contributed by atoms with van der Waals surface area (Å²) >= 11 is 5.03. The lowest BCUT2D eigenvalue weighted by Crippen LogP contribution is -2.27. The largest absolute Gasteiger partial charge is 0.492 e. The summed E-state index contributed by atoms with van der Waals surface area (Å²) < 4.78 is 5.75. The second-order valence-corrected chi connectivity index (χ2v) is 7.37. The molecule has 0 aliphatic carbocycles. The summed E-state index contributed by atoms with van der Waals surface area (Å²) in [5.41, 5.74) is 1.43. The van der Waals surface area contributed by atoms with Crippen molar-refractivity contribution in [2.45, 2.75) is 15.4 Å². The number of fused-ring (bicyclic) bond motifs is 1. The maximum atomic E-state index is 11.3. The zero-order valence-electron chi connectivity index (χ0n) is 11.1. The molecular weight excluding hydrogens is 300 g/mol. The third-order valence-corrected chi connectivity index (χ3v) is 7.27. The zero-order chi connectivity index (χ0) is 14.0. The van der Waals surface area contributed by atoms with Crippen LogP contribution in [0, 0.1) is 0 Å². The Kier molecular flexibility index (Phi) is 4.63. The van der Waals surface area contributed by atoms with Crippen LogP contribution in [0.2, 0.25) is 0 Å². The van der Waals surface area contributed by atoms with Gasteiger partial charge < -0.3 is 9.84 Å². The number of carboxylic acid groups (broad SMARTS) is 1. The van der Waals surface area contributed by atoms with Crippen LogP contribution in [-0.2, 0) is 4.08 Å². The van der Waals surface area contributed by atoms with Crippen LogP contribution in [0.15, 0.2) is 17.0 Å². The van der Waals surface area contributed by atoms with E-state index in [9.17, 15) is 9.90 Å². The van der Waals surface area contributed by atoms with Gasteiger partial charge in [-0.15, -0.1) is 35.3 Å². The smallest absolute Gasteiger partial charge is 0.336 e. The molecule has 0 bridgehead atoms. The van der Waals surface area contributed by atoms with Crippen molar-refractivity contribution in [1.29, 1.82) is 0 Å². The Balaban J connectivity index is 2.65. The second kappa shape index (κ2) is 5.89. The minimum Gasteiger partial charge on any atom is -0.492 e. The van der Waals surface area contributed by atoms with E-state index in [1.807, 2.05) is 12.3 Å². The van der Waals surface area contributed by atoms with Gasteiger partial charge in [-0.2, -0.15) is 0 Å². The molecule has 0 spiro atoms. The van der Waals surface area contributed by atoms with Crippen LogP contribution in [0.5, 0.6) is 5.75 Å². The lowest BCUT2D eigenvalue weighted by Gasteiger charge is -2.37. The van der Waals surface area contributed by atoms with Crippen molar-refractivity contribution < 1.29 is 14.6 Å². The Morgan fingerprint density at radius 2 is 2.00 bits per heavy atom. The van der Waals surface area contributed by atoms with Gasteiger partial charge in [-0.3, -0.25) is 0 Å². The monoisotopic (exact) mass is 316 g/mol. The fraction of sp³-hybridized carbons (Fsp3) is 0.462. The van der Waals surface area contributed by atoms with E-state index < -0.39 is 5.97 Å². The van der Waals surface area contributed by atoms with Crippen molar-refractivity contribution in [2.75, 3.05) is 25.4 Å². The Hall–Kier alpha value is -0.460. The van der Waals surface area contributed by atoms with Crippen LogP contribution in [-0.4, -0.2) is 36.5 Å². The van der Waals surface area contributed by atoms with E-state index >= 15 is 0 Å². The predicted octanol–water partition coefficient (Wildman–Crippen LogP) is 3.77. The highest BCUT2D eigenvalue weighted by Crippen LogP contribution is 2.54. The molecular formula is C13H16O3S3. The number of aromatic carboxylic acids is 1. The summed E-state index contributed by atoms with van der Waals surface area (Å²) in [5, 5.41) is 9.26. The van der Waals surface area contributed by atoms with Crippen molar-refractivity contribution in [3.8, 4) is 5.75 Å². The third-order valence-electron chi connectivity index (χ3n) is 3.29. The summed E-state index contributed by atoms with van der Waals surface area (Å²) in [6.07, 6.45) is 7.01. The number of ether oxygens (including phenoxy) is 1. The van der Waals surface area contributed by atoms with Crippen LogP contribution >= 0.6 is 35.3 Å². The Morgan fingerprint density at radius 3 is 2.53 bits per heavy atom. The average molecular weight is 316 g/mol. The molecule has 19 heavy (non-hydrogen) atoms. The van der Waals surface area contributed by atoms with E-state index in [0.717, 1.165) is 22.6 Å². The molecule has 1 aliphatic heterocycles. The van der Waals surface area contributed by atoms with Crippen molar-refractivity contribution in [3.63, 3.8) is 0 Å². The van der Waals surface area contributed by atoms with E-state index in [2.05, 4.69) is 12.5 Å². The lowest BCUT2D eigenvalue weighted by molar-refractivity contribution is 0.0692. The van der Waals surface area contributed by atoms with Gasteiger partial charge in [-0.1, -0.05) is 6.07 Å². The first kappa shape index (κ1) is 14.9. The molecule has 0 radical (unpaired) electrons. The summed E-state index contributed by atoms with van der Waals surface area (Å²) in [4.78, 5) is 12.0. The normalized spacial score (nSPS) is 16.6. The quantitative estimate of drug-likeness (QED) is 0.674. The third kappa shape index (κ3) is 2.45. The molecule has 0 saturated heterocycles. The van der Waals surface area contributed by atoms with Crippen molar-refractivity contribution in [2.24, 2.45) is 0 Å². The molecule has 1 heterocycles. The summed E-state index contributed by atoms with van der Waals surface area (Å²) in [6.45, 7) is 0.630. The topological polar surface area (TPSA) is 46.5 Å². The summed E-state index contributed by atoms with van der Waals surface area (Å²) in [7, 11) is 0. The molecule has 1 aromatic carbocycles. The SMILES string of the molecule is CSc1c(C(=O)O)ccc2c1OCCC2(SC)SC. The van der Waals surface area contributed by atoms with Gasteiger partial charge in [0.2, 0.25) is 0 Å². The van der Waals surface area contributed by atoms with Gasteiger partial charge in [-0.05, 0) is 24.8 Å². The first-order valence-corrected chi connectivity index (χ1v) is 9.45. The number of hydrogen-bond acceptors (Lipinski definition) is 5. The number of thioether (sulfide) groups is 3. The highest BCUT2D eigenvalue weighted by atomic mass is 32.2. The molecule has 104 valence electrons. The summed E-state index contributed by atoms with van der Waals surface area (Å²) in [6, 6.07) is 3.60. The maximum Gasteiger partial charge on any atom is 0.336 e. The lowest BCUT2D eigenvalue weighted by atomic mass is 10.0. The molecule has 1 aromatic rings. The minimum atomic E-state index is -0.903. The molecule has 0 amide bonds. The van der Waals surface area contributed by atoms with Gasteiger partial charge in [0.15, 0.2) is 0 Å². The van der Waals surface area contributed by atoms with Crippen molar-refractivity contribution >= 4 is 41.3 Å². The molecule has 2 rings (SSSR count). The predicted molar refractivity (Wildman–Crippen MR) is 84.0 cm³/mol. The first-order chi connectivity index (χ1) is 9.09. The van der Waals surface area contributed by atoms with Crippen molar-refractivity contribution in [1.82, 2.24) is 0 Å². The average Bonchev–Trinajstić information content (AvgIpc) is 2.44. The van der Waals surface area contributed by atoms with E-state index in [0.29, 0.717) is 12.2 Å². The Morgan fingerprint density at radius 1 is 1.32 bits per heavy atom. The van der Waals surface area contributed by atoms with Gasteiger partial charge in [0.1, 0.15) is 5.75 Å². The Labute approximate surface area is 125 Å². The minimum absolute atomic E-state index is 0.0326. The first-order valence-electron chi connectivity index (χ1n) is 5.77. The number of hydrogen-bond donors (Lipinski definition) is 1. The van der Waals surface area contributed by atoms with Crippen LogP contribution < -0.4 is 4.74 Å². The van der Waals surface area contributed by atoms with Crippen LogP contribution in [0.25, 0.3) is 0 Å². The van der Waals surface area contributed by atoms with Gasteiger partial charge in [0.25, 0.3) is 0 Å². The highest BCUT2D eigenvalue weighted by molar-refractivity contribution is 8.16. The standard InChI is InChI=1S/C13H16O3S3/c1-17-11-8(12(14)15)4-5-9-10(11)16-7-6-13(9,18-2)19-3/h4-5H,6-7H2,1-3H3,(H,14,15). The number of benzene rings is 1. The van der Waals surface area contributed by atoms with Gasteiger partial charge in [0.05, 0.1) is 21.1 Å². The van der Waals surface area contributed by atoms with Gasteiger partial charge in [-0.25, -0.2) is 4.79 Å². The van der Waals surface area contributed by atoms with Gasteiger partial charge >= 0.3 is 5.97 Å². The van der Waals surface area contributed by atoms with E-state index in [1.54, 1.807) is 29.6 Å². The molecule has 0 fully saturated rings.